The van der Waals surface area contributed by atoms with E-state index in [0.29, 0.717) is 18.8 Å². The summed E-state index contributed by atoms with van der Waals surface area (Å²) < 4.78 is 0. The van der Waals surface area contributed by atoms with Crippen molar-refractivity contribution >= 4 is 18.1 Å². The Morgan fingerprint density at radius 1 is 0.957 bits per heavy atom. The van der Waals surface area contributed by atoms with Crippen molar-refractivity contribution in [3.8, 4) is 0 Å². The second kappa shape index (κ2) is 7.39. The topological polar surface area (TPSA) is 69.6 Å². The summed E-state index contributed by atoms with van der Waals surface area (Å²) in [6.07, 6.45) is 6.87. The average Bonchev–Trinajstić information content (AvgIpc) is 2.91. The summed E-state index contributed by atoms with van der Waals surface area (Å²) >= 11 is 0. The van der Waals surface area contributed by atoms with Crippen LogP contribution in [0.3, 0.4) is 0 Å². The number of rotatable bonds is 3. The smallest absolute Gasteiger partial charge is 0.272 e. The van der Waals surface area contributed by atoms with Gasteiger partial charge in [0.05, 0.1) is 0 Å². The lowest BCUT2D eigenvalue weighted by Gasteiger charge is -2.33. The third kappa shape index (κ3) is 3.78. The van der Waals surface area contributed by atoms with Gasteiger partial charge in [-0.15, -0.1) is 0 Å². The fraction of sp³-hybridized carbons (Fsp3) is 0.625. The minimum atomic E-state index is 0.00192. The van der Waals surface area contributed by atoms with Crippen molar-refractivity contribution in [3.63, 3.8) is 0 Å². The molecule has 2 saturated heterocycles. The number of likely N-dealkylation sites (tertiary alicyclic amines) is 1. The number of carbonyl (C=O) groups is 2. The van der Waals surface area contributed by atoms with Gasteiger partial charge >= 0.3 is 0 Å². The Morgan fingerprint density at radius 2 is 1.65 bits per heavy atom. The Bertz CT molecular complexity index is 549. The molecule has 0 atom stereocenters. The van der Waals surface area contributed by atoms with Crippen molar-refractivity contribution in [1.29, 1.82) is 0 Å². The highest BCUT2D eigenvalue weighted by Crippen LogP contribution is 2.16. The summed E-state index contributed by atoms with van der Waals surface area (Å²) in [5.41, 5.74) is 0.467. The van der Waals surface area contributed by atoms with E-state index in [1.54, 1.807) is 11.0 Å². The Hall–Kier alpha value is -2.18. The van der Waals surface area contributed by atoms with Crippen LogP contribution in [0.2, 0.25) is 0 Å². The summed E-state index contributed by atoms with van der Waals surface area (Å²) in [5.74, 6) is 0.769. The van der Waals surface area contributed by atoms with Gasteiger partial charge in [-0.05, 0) is 12.8 Å². The van der Waals surface area contributed by atoms with E-state index in [1.807, 2.05) is 4.90 Å². The molecule has 7 nitrogen and oxygen atoms in total. The van der Waals surface area contributed by atoms with Crippen molar-refractivity contribution in [1.82, 2.24) is 19.8 Å². The van der Waals surface area contributed by atoms with Crippen LogP contribution in [-0.4, -0.2) is 71.4 Å². The van der Waals surface area contributed by atoms with Gasteiger partial charge in [-0.25, -0.2) is 9.97 Å². The number of aromatic nitrogens is 2. The number of hydrogen-bond donors (Lipinski definition) is 0. The highest BCUT2D eigenvalue weighted by Gasteiger charge is 2.21. The fourth-order valence-electron chi connectivity index (χ4n) is 3.13. The second-order valence-corrected chi connectivity index (χ2v) is 6.10. The molecule has 2 aliphatic rings. The lowest BCUT2D eigenvalue weighted by Crippen LogP contribution is -2.46. The van der Waals surface area contributed by atoms with Crippen molar-refractivity contribution in [2.24, 2.45) is 0 Å². The third-order valence-electron chi connectivity index (χ3n) is 4.55. The molecule has 0 aliphatic carbocycles. The molecule has 3 heterocycles. The molecule has 124 valence electrons. The first kappa shape index (κ1) is 15.7. The molecule has 7 heteroatoms. The minimum absolute atomic E-state index is 0.00192. The Kier molecular flexibility index (Phi) is 5.05. The van der Waals surface area contributed by atoms with E-state index in [-0.39, 0.29) is 5.91 Å². The van der Waals surface area contributed by atoms with Crippen LogP contribution in [0.4, 0.5) is 5.82 Å². The van der Waals surface area contributed by atoms with Crippen LogP contribution in [0, 0.1) is 0 Å². The highest BCUT2D eigenvalue weighted by atomic mass is 16.2. The van der Waals surface area contributed by atoms with Gasteiger partial charge in [-0.3, -0.25) is 9.59 Å². The zero-order valence-corrected chi connectivity index (χ0v) is 13.4. The molecular formula is C16H23N5O2. The number of hydrogen-bond acceptors (Lipinski definition) is 5. The van der Waals surface area contributed by atoms with Crippen LogP contribution in [0.25, 0.3) is 0 Å². The Morgan fingerprint density at radius 3 is 2.30 bits per heavy atom. The average molecular weight is 317 g/mol. The molecule has 1 aromatic heterocycles. The van der Waals surface area contributed by atoms with Crippen molar-refractivity contribution in [2.75, 3.05) is 44.2 Å². The molecule has 0 bridgehead atoms. The fourth-order valence-corrected chi connectivity index (χ4v) is 3.13. The number of amides is 2. The summed E-state index contributed by atoms with van der Waals surface area (Å²) in [6, 6.07) is 1.78. The van der Waals surface area contributed by atoms with Crippen molar-refractivity contribution in [2.45, 2.75) is 25.7 Å². The molecule has 2 amide bonds. The molecule has 2 aliphatic heterocycles. The van der Waals surface area contributed by atoms with Crippen LogP contribution >= 0.6 is 0 Å². The monoisotopic (exact) mass is 317 g/mol. The van der Waals surface area contributed by atoms with Crippen LogP contribution in [0.15, 0.2) is 12.4 Å². The van der Waals surface area contributed by atoms with Crippen molar-refractivity contribution in [3.05, 3.63) is 18.1 Å². The predicted octanol–water partition coefficient (Wildman–Crippen LogP) is 0.771. The van der Waals surface area contributed by atoms with Gasteiger partial charge in [0.15, 0.2) is 0 Å². The molecule has 23 heavy (non-hydrogen) atoms. The number of piperazine rings is 1. The first-order chi connectivity index (χ1) is 11.3. The molecule has 2 fully saturated rings. The zero-order chi connectivity index (χ0) is 16.1. The second-order valence-electron chi connectivity index (χ2n) is 6.10. The van der Waals surface area contributed by atoms with E-state index in [4.69, 9.17) is 0 Å². The summed E-state index contributed by atoms with van der Waals surface area (Å²) in [6.45, 7) is 4.46. The lowest BCUT2D eigenvalue weighted by molar-refractivity contribution is -0.118. The minimum Gasteiger partial charge on any atom is -0.353 e. The van der Waals surface area contributed by atoms with E-state index in [0.717, 1.165) is 51.2 Å². The quantitative estimate of drug-likeness (QED) is 0.770. The first-order valence-corrected chi connectivity index (χ1v) is 8.33. The molecule has 0 N–H and O–H groups in total. The van der Waals surface area contributed by atoms with Gasteiger partial charge in [0.1, 0.15) is 17.8 Å². The molecule has 0 aromatic carbocycles. The number of anilines is 1. The van der Waals surface area contributed by atoms with E-state index >= 15 is 0 Å². The molecule has 1 aromatic rings. The van der Waals surface area contributed by atoms with Crippen molar-refractivity contribution < 1.29 is 9.59 Å². The van der Waals surface area contributed by atoms with E-state index in [1.165, 1.54) is 19.2 Å². The molecular weight excluding hydrogens is 294 g/mol. The molecule has 0 radical (unpaired) electrons. The standard InChI is InChI=1S/C16H23N5O2/c22-13-19-7-9-20(10-8-19)15-11-14(17-12-18-15)16(23)21-5-3-1-2-4-6-21/h11-13H,1-10H2. The molecule has 0 unspecified atom stereocenters. The van der Waals surface area contributed by atoms with Crippen LogP contribution < -0.4 is 4.90 Å². The van der Waals surface area contributed by atoms with Gasteiger partial charge in [0, 0.05) is 45.3 Å². The lowest BCUT2D eigenvalue weighted by atomic mass is 10.2. The van der Waals surface area contributed by atoms with Gasteiger partial charge in [0.2, 0.25) is 6.41 Å². The summed E-state index contributed by atoms with van der Waals surface area (Å²) in [7, 11) is 0. The normalized spacial score (nSPS) is 19.4. The maximum absolute atomic E-state index is 12.6. The van der Waals surface area contributed by atoms with Gasteiger partial charge in [-0.1, -0.05) is 12.8 Å². The highest BCUT2D eigenvalue weighted by molar-refractivity contribution is 5.93. The van der Waals surface area contributed by atoms with E-state index < -0.39 is 0 Å². The number of nitrogens with zero attached hydrogens (tertiary/aromatic N) is 5. The van der Waals surface area contributed by atoms with Crippen LogP contribution in [-0.2, 0) is 4.79 Å². The Labute approximate surface area is 136 Å². The largest absolute Gasteiger partial charge is 0.353 e. The SMILES string of the molecule is O=CN1CCN(c2cc(C(=O)N3CCCCCC3)ncn2)CC1. The first-order valence-electron chi connectivity index (χ1n) is 8.33. The number of carbonyl (C=O) groups excluding carboxylic acids is 2. The van der Waals surface area contributed by atoms with Gasteiger partial charge in [0.25, 0.3) is 5.91 Å². The third-order valence-corrected chi connectivity index (χ3v) is 4.55. The van der Waals surface area contributed by atoms with Gasteiger partial charge < -0.3 is 14.7 Å². The molecule has 0 saturated carbocycles. The molecule has 3 rings (SSSR count). The molecule has 0 spiro atoms. The maximum atomic E-state index is 12.6. The predicted molar refractivity (Wildman–Crippen MR) is 86.3 cm³/mol. The van der Waals surface area contributed by atoms with Crippen LogP contribution in [0.5, 0.6) is 0 Å². The van der Waals surface area contributed by atoms with E-state index in [9.17, 15) is 9.59 Å². The Balaban J connectivity index is 1.69. The zero-order valence-electron chi connectivity index (χ0n) is 13.4. The van der Waals surface area contributed by atoms with Crippen LogP contribution in [0.1, 0.15) is 36.2 Å². The van der Waals surface area contributed by atoms with E-state index in [2.05, 4.69) is 14.9 Å². The maximum Gasteiger partial charge on any atom is 0.272 e. The summed E-state index contributed by atoms with van der Waals surface area (Å²) in [4.78, 5) is 37.7. The summed E-state index contributed by atoms with van der Waals surface area (Å²) in [5, 5.41) is 0. The van der Waals surface area contributed by atoms with Gasteiger partial charge in [-0.2, -0.15) is 0 Å².